The first kappa shape index (κ1) is 12.5. The summed E-state index contributed by atoms with van der Waals surface area (Å²) in [5, 5.41) is 11.5. The van der Waals surface area contributed by atoms with Crippen molar-refractivity contribution < 1.29 is 4.42 Å². The molecule has 1 aliphatic heterocycles. The summed E-state index contributed by atoms with van der Waals surface area (Å²) in [4.78, 5) is 2.33. The molecule has 0 saturated carbocycles. The number of hydrogen-bond donors (Lipinski definition) is 1. The Morgan fingerprint density at radius 1 is 1.29 bits per heavy atom. The summed E-state index contributed by atoms with van der Waals surface area (Å²) in [6.45, 7) is 5.04. The van der Waals surface area contributed by atoms with E-state index in [4.69, 9.17) is 4.42 Å². The van der Waals surface area contributed by atoms with Gasteiger partial charge in [0, 0.05) is 12.5 Å². The van der Waals surface area contributed by atoms with Crippen LogP contribution in [-0.2, 0) is 13.0 Å². The van der Waals surface area contributed by atoms with Crippen molar-refractivity contribution in [1.82, 2.24) is 20.4 Å². The van der Waals surface area contributed by atoms with E-state index in [1.165, 1.54) is 19.3 Å². The fraction of sp³-hybridized carbons (Fsp3) is 0.833. The highest BCUT2D eigenvalue weighted by atomic mass is 16.4. The fourth-order valence-corrected chi connectivity index (χ4v) is 2.28. The molecule has 1 unspecified atom stereocenters. The van der Waals surface area contributed by atoms with Crippen LogP contribution in [0, 0.1) is 0 Å². The Kier molecular flexibility index (Phi) is 4.50. The highest BCUT2D eigenvalue weighted by molar-refractivity contribution is 4.83. The highest BCUT2D eigenvalue weighted by Gasteiger charge is 2.18. The van der Waals surface area contributed by atoms with E-state index in [2.05, 4.69) is 27.5 Å². The average Bonchev–Trinajstić information content (AvgIpc) is 2.62. The van der Waals surface area contributed by atoms with E-state index >= 15 is 0 Å². The van der Waals surface area contributed by atoms with E-state index in [0.717, 1.165) is 37.8 Å². The molecule has 1 aromatic rings. The minimum Gasteiger partial charge on any atom is -0.424 e. The standard InChI is InChI=1S/C12H22N4O/c1-3-11-14-15-12(17-11)9-16(2)10-5-4-7-13-8-6-10/h10,13H,3-9H2,1-2H3. The molecule has 1 fully saturated rings. The lowest BCUT2D eigenvalue weighted by molar-refractivity contribution is 0.196. The van der Waals surface area contributed by atoms with Gasteiger partial charge in [-0.05, 0) is 39.4 Å². The number of nitrogens with one attached hydrogen (secondary N) is 1. The molecule has 5 heteroatoms. The number of nitrogens with zero attached hydrogens (tertiary/aromatic N) is 3. The lowest BCUT2D eigenvalue weighted by Gasteiger charge is -2.25. The quantitative estimate of drug-likeness (QED) is 0.854. The number of aryl methyl sites for hydroxylation is 1. The van der Waals surface area contributed by atoms with Crippen molar-refractivity contribution >= 4 is 0 Å². The van der Waals surface area contributed by atoms with Gasteiger partial charge >= 0.3 is 0 Å². The Hall–Kier alpha value is -0.940. The predicted molar refractivity (Wildman–Crippen MR) is 65.7 cm³/mol. The van der Waals surface area contributed by atoms with Crippen LogP contribution in [0.3, 0.4) is 0 Å². The molecule has 0 spiro atoms. The van der Waals surface area contributed by atoms with Crippen LogP contribution in [0.15, 0.2) is 4.42 Å². The van der Waals surface area contributed by atoms with Crippen LogP contribution >= 0.6 is 0 Å². The summed E-state index contributed by atoms with van der Waals surface area (Å²) in [7, 11) is 2.14. The van der Waals surface area contributed by atoms with Gasteiger partial charge in [0.2, 0.25) is 11.8 Å². The van der Waals surface area contributed by atoms with Crippen molar-refractivity contribution in [3.63, 3.8) is 0 Å². The average molecular weight is 238 g/mol. The third kappa shape index (κ3) is 3.51. The summed E-state index contributed by atoms with van der Waals surface area (Å²) in [5.74, 6) is 1.47. The first-order valence-electron chi connectivity index (χ1n) is 6.51. The maximum Gasteiger partial charge on any atom is 0.230 e. The van der Waals surface area contributed by atoms with Crippen LogP contribution in [0.25, 0.3) is 0 Å². The maximum absolute atomic E-state index is 5.55. The largest absolute Gasteiger partial charge is 0.424 e. The zero-order valence-corrected chi connectivity index (χ0v) is 10.8. The molecular weight excluding hydrogens is 216 g/mol. The fourth-order valence-electron chi connectivity index (χ4n) is 2.28. The highest BCUT2D eigenvalue weighted by Crippen LogP contribution is 2.14. The summed E-state index contributed by atoms with van der Waals surface area (Å²) >= 11 is 0. The molecule has 0 aliphatic carbocycles. The molecule has 0 amide bonds. The number of hydrogen-bond acceptors (Lipinski definition) is 5. The van der Waals surface area contributed by atoms with Gasteiger partial charge in [-0.15, -0.1) is 10.2 Å². The smallest absolute Gasteiger partial charge is 0.230 e. The first-order valence-corrected chi connectivity index (χ1v) is 6.51. The molecular formula is C12H22N4O. The predicted octanol–water partition coefficient (Wildman–Crippen LogP) is 1.21. The lowest BCUT2D eigenvalue weighted by Crippen LogP contribution is -2.32. The molecule has 96 valence electrons. The van der Waals surface area contributed by atoms with Crippen molar-refractivity contribution in [1.29, 1.82) is 0 Å². The molecule has 1 atom stereocenters. The van der Waals surface area contributed by atoms with Crippen molar-refractivity contribution in [3.05, 3.63) is 11.8 Å². The molecule has 0 bridgehead atoms. The molecule has 2 heterocycles. The van der Waals surface area contributed by atoms with Gasteiger partial charge in [0.15, 0.2) is 0 Å². The van der Waals surface area contributed by atoms with E-state index < -0.39 is 0 Å². The lowest BCUT2D eigenvalue weighted by atomic mass is 10.1. The van der Waals surface area contributed by atoms with Gasteiger partial charge < -0.3 is 9.73 Å². The Labute approximate surface area is 103 Å². The molecule has 1 aromatic heterocycles. The summed E-state index contributed by atoms with van der Waals surface area (Å²) < 4.78 is 5.55. The SMILES string of the molecule is CCc1nnc(CN(C)C2CCCNCC2)o1. The molecule has 1 saturated heterocycles. The zero-order chi connectivity index (χ0) is 12.1. The van der Waals surface area contributed by atoms with Crippen LogP contribution in [0.5, 0.6) is 0 Å². The van der Waals surface area contributed by atoms with Crippen LogP contribution in [0.2, 0.25) is 0 Å². The Bertz CT molecular complexity index is 331. The molecule has 5 nitrogen and oxygen atoms in total. The van der Waals surface area contributed by atoms with Crippen molar-refractivity contribution in [2.24, 2.45) is 0 Å². The van der Waals surface area contributed by atoms with Crippen molar-refractivity contribution in [3.8, 4) is 0 Å². The van der Waals surface area contributed by atoms with Crippen molar-refractivity contribution in [2.45, 2.75) is 45.2 Å². The maximum atomic E-state index is 5.55. The summed E-state index contributed by atoms with van der Waals surface area (Å²) in [5.41, 5.74) is 0. The molecule has 1 N–H and O–H groups in total. The number of rotatable bonds is 4. The Morgan fingerprint density at radius 2 is 2.12 bits per heavy atom. The number of aromatic nitrogens is 2. The van der Waals surface area contributed by atoms with Crippen molar-refractivity contribution in [2.75, 3.05) is 20.1 Å². The van der Waals surface area contributed by atoms with Gasteiger partial charge in [-0.25, -0.2) is 0 Å². The van der Waals surface area contributed by atoms with Gasteiger partial charge in [-0.3, -0.25) is 4.90 Å². The van der Waals surface area contributed by atoms with Gasteiger partial charge in [-0.1, -0.05) is 6.92 Å². The van der Waals surface area contributed by atoms with Crippen LogP contribution < -0.4 is 5.32 Å². The van der Waals surface area contributed by atoms with Crippen LogP contribution in [0.4, 0.5) is 0 Å². The second kappa shape index (κ2) is 6.12. The van der Waals surface area contributed by atoms with Gasteiger partial charge in [-0.2, -0.15) is 0 Å². The topological polar surface area (TPSA) is 54.2 Å². The normalized spacial score (nSPS) is 21.7. The van der Waals surface area contributed by atoms with E-state index in [1.807, 2.05) is 6.92 Å². The second-order valence-corrected chi connectivity index (χ2v) is 4.69. The van der Waals surface area contributed by atoms with Gasteiger partial charge in [0.05, 0.1) is 6.54 Å². The molecule has 0 aromatic carbocycles. The van der Waals surface area contributed by atoms with E-state index in [-0.39, 0.29) is 0 Å². The van der Waals surface area contributed by atoms with Gasteiger partial charge in [0.25, 0.3) is 0 Å². The zero-order valence-electron chi connectivity index (χ0n) is 10.8. The molecule has 2 rings (SSSR count). The monoisotopic (exact) mass is 238 g/mol. The van der Waals surface area contributed by atoms with E-state index in [0.29, 0.717) is 6.04 Å². The first-order chi connectivity index (χ1) is 8.29. The third-order valence-corrected chi connectivity index (χ3v) is 3.36. The summed E-state index contributed by atoms with van der Waals surface area (Å²) in [6, 6.07) is 0.627. The molecule has 1 aliphatic rings. The van der Waals surface area contributed by atoms with Gasteiger partial charge in [0.1, 0.15) is 0 Å². The van der Waals surface area contributed by atoms with Crippen LogP contribution in [-0.4, -0.2) is 41.3 Å². The van der Waals surface area contributed by atoms with E-state index in [1.54, 1.807) is 0 Å². The Balaban J connectivity index is 1.88. The third-order valence-electron chi connectivity index (χ3n) is 3.36. The second-order valence-electron chi connectivity index (χ2n) is 4.69. The molecule has 0 radical (unpaired) electrons. The minimum atomic E-state index is 0.627. The van der Waals surface area contributed by atoms with Crippen LogP contribution in [0.1, 0.15) is 38.0 Å². The Morgan fingerprint density at radius 3 is 2.88 bits per heavy atom. The van der Waals surface area contributed by atoms with E-state index in [9.17, 15) is 0 Å². The summed E-state index contributed by atoms with van der Waals surface area (Å²) in [6.07, 6.45) is 4.51. The minimum absolute atomic E-state index is 0.627. The molecule has 17 heavy (non-hydrogen) atoms.